The van der Waals surface area contributed by atoms with E-state index in [1.165, 1.54) is 23.1 Å². The van der Waals surface area contributed by atoms with Gasteiger partial charge in [0.1, 0.15) is 16.5 Å². The number of carbonyl (C=O) groups is 1. The molecule has 0 aliphatic heterocycles. The van der Waals surface area contributed by atoms with Gasteiger partial charge in [-0.3, -0.25) is 9.59 Å². The summed E-state index contributed by atoms with van der Waals surface area (Å²) in [6.07, 6.45) is 0. The molecule has 8 heteroatoms. The van der Waals surface area contributed by atoms with Crippen molar-refractivity contribution >= 4 is 45.0 Å². The van der Waals surface area contributed by atoms with Crippen molar-refractivity contribution < 1.29 is 4.79 Å². The molecule has 1 atom stereocenters. The van der Waals surface area contributed by atoms with Crippen molar-refractivity contribution in [2.24, 2.45) is 0 Å². The summed E-state index contributed by atoms with van der Waals surface area (Å²) < 4.78 is 0. The molecule has 0 unspecified atom stereocenters. The highest BCUT2D eigenvalue weighted by Crippen LogP contribution is 2.26. The maximum absolute atomic E-state index is 12.3. The molecular weight excluding hydrogens is 368 g/mol. The van der Waals surface area contributed by atoms with Gasteiger partial charge in [0.15, 0.2) is 0 Å². The Morgan fingerprint density at radius 3 is 2.81 bits per heavy atom. The summed E-state index contributed by atoms with van der Waals surface area (Å²) in [5, 5.41) is 3.17. The first-order chi connectivity index (χ1) is 12.3. The summed E-state index contributed by atoms with van der Waals surface area (Å²) >= 11 is 2.94. The second kappa shape index (κ2) is 7.59. The lowest BCUT2D eigenvalue weighted by Crippen LogP contribution is -2.23. The number of thiophene rings is 1. The number of anilines is 1. The zero-order chi connectivity index (χ0) is 18.8. The van der Waals surface area contributed by atoms with Crippen molar-refractivity contribution in [2.75, 3.05) is 5.32 Å². The van der Waals surface area contributed by atoms with Crippen LogP contribution in [0.5, 0.6) is 0 Å². The minimum Gasteiger partial charge on any atom is -0.310 e. The number of pyridine rings is 1. The van der Waals surface area contributed by atoms with Crippen LogP contribution < -0.4 is 10.9 Å². The number of carbonyl (C=O) groups excluding carboxylic acids is 1. The zero-order valence-corrected chi connectivity index (χ0v) is 16.7. The Morgan fingerprint density at radius 1 is 1.31 bits per heavy atom. The Balaban J connectivity index is 1.67. The van der Waals surface area contributed by atoms with Crippen LogP contribution in [0.4, 0.5) is 5.82 Å². The largest absolute Gasteiger partial charge is 0.310 e. The van der Waals surface area contributed by atoms with Crippen molar-refractivity contribution in [1.29, 1.82) is 0 Å². The first-order valence-electron chi connectivity index (χ1n) is 8.20. The van der Waals surface area contributed by atoms with Crippen LogP contribution in [-0.4, -0.2) is 26.1 Å². The number of nitrogens with one attached hydrogen (secondary N) is 2. The number of rotatable bonds is 5. The smallest absolute Gasteiger partial charge is 0.259 e. The third-order valence-electron chi connectivity index (χ3n) is 4.07. The number of H-pyrrole nitrogens is 1. The Bertz CT molecular complexity index is 1030. The second-order valence-electron chi connectivity index (χ2n) is 6.08. The molecule has 0 fully saturated rings. The normalized spacial score (nSPS) is 12.3. The van der Waals surface area contributed by atoms with E-state index in [4.69, 9.17) is 0 Å². The molecule has 0 saturated carbocycles. The van der Waals surface area contributed by atoms with Crippen LogP contribution in [0.15, 0.2) is 23.0 Å². The predicted molar refractivity (Wildman–Crippen MR) is 108 cm³/mol. The molecule has 0 spiro atoms. The number of fused-ring (bicyclic) bond motifs is 1. The molecule has 3 rings (SSSR count). The van der Waals surface area contributed by atoms with E-state index in [0.717, 1.165) is 21.0 Å². The first-order valence-corrected chi connectivity index (χ1v) is 10.1. The van der Waals surface area contributed by atoms with Crippen LogP contribution in [0.25, 0.3) is 10.2 Å². The molecule has 2 N–H and O–H groups in total. The number of thioether (sulfide) groups is 1. The fourth-order valence-corrected chi connectivity index (χ4v) is 4.29. The first kappa shape index (κ1) is 18.6. The molecule has 0 bridgehead atoms. The van der Waals surface area contributed by atoms with E-state index >= 15 is 0 Å². The lowest BCUT2D eigenvalue weighted by Gasteiger charge is -2.11. The molecule has 3 aromatic rings. The standard InChI is InChI=1S/C18H20N4O2S2/c1-9-6-5-7-13(19-9)20-16(23)12(4)25-8-14-21-17(24)15-10(2)11(3)26-18(15)22-14/h5-7,12H,8H2,1-4H3,(H,19,20,23)(H,21,22,24)/t12-/m1/s1. The lowest BCUT2D eigenvalue weighted by atomic mass is 10.2. The quantitative estimate of drug-likeness (QED) is 0.698. The van der Waals surface area contributed by atoms with Gasteiger partial charge in [-0.25, -0.2) is 9.97 Å². The van der Waals surface area contributed by atoms with Gasteiger partial charge in [0.25, 0.3) is 5.56 Å². The van der Waals surface area contributed by atoms with E-state index in [0.29, 0.717) is 22.8 Å². The van der Waals surface area contributed by atoms with Gasteiger partial charge < -0.3 is 10.3 Å². The van der Waals surface area contributed by atoms with Crippen molar-refractivity contribution in [3.63, 3.8) is 0 Å². The minimum absolute atomic E-state index is 0.117. The maximum Gasteiger partial charge on any atom is 0.259 e. The number of hydrogen-bond acceptors (Lipinski definition) is 6. The summed E-state index contributed by atoms with van der Waals surface area (Å²) in [6, 6.07) is 5.49. The van der Waals surface area contributed by atoms with Gasteiger partial charge in [0.05, 0.1) is 16.4 Å². The number of hydrogen-bond donors (Lipinski definition) is 2. The summed E-state index contributed by atoms with van der Waals surface area (Å²) in [7, 11) is 0. The van der Waals surface area contributed by atoms with Gasteiger partial charge in [-0.2, -0.15) is 0 Å². The van der Waals surface area contributed by atoms with Gasteiger partial charge in [0.2, 0.25) is 5.91 Å². The van der Waals surface area contributed by atoms with E-state index in [9.17, 15) is 9.59 Å². The lowest BCUT2D eigenvalue weighted by molar-refractivity contribution is -0.115. The van der Waals surface area contributed by atoms with E-state index < -0.39 is 0 Å². The second-order valence-corrected chi connectivity index (χ2v) is 8.62. The van der Waals surface area contributed by atoms with E-state index in [-0.39, 0.29) is 16.7 Å². The van der Waals surface area contributed by atoms with Gasteiger partial charge in [-0.1, -0.05) is 6.07 Å². The Morgan fingerprint density at radius 2 is 2.08 bits per heavy atom. The van der Waals surface area contributed by atoms with Gasteiger partial charge in [-0.05, 0) is 45.4 Å². The van der Waals surface area contributed by atoms with Crippen molar-refractivity contribution in [3.05, 3.63) is 50.5 Å². The van der Waals surface area contributed by atoms with Crippen LogP contribution in [0.1, 0.15) is 28.9 Å². The molecule has 136 valence electrons. The molecule has 6 nitrogen and oxygen atoms in total. The van der Waals surface area contributed by atoms with Crippen molar-refractivity contribution in [1.82, 2.24) is 15.0 Å². The number of aromatic nitrogens is 3. The number of amides is 1. The molecule has 26 heavy (non-hydrogen) atoms. The predicted octanol–water partition coefficient (Wildman–Crippen LogP) is 3.57. The van der Waals surface area contributed by atoms with E-state index in [1.807, 2.05) is 39.8 Å². The molecule has 3 aromatic heterocycles. The van der Waals surface area contributed by atoms with Gasteiger partial charge in [0, 0.05) is 10.6 Å². The monoisotopic (exact) mass is 388 g/mol. The van der Waals surface area contributed by atoms with Crippen LogP contribution >= 0.6 is 23.1 Å². The Labute approximate surface area is 159 Å². The summed E-state index contributed by atoms with van der Waals surface area (Å²) in [6.45, 7) is 7.62. The molecule has 0 aromatic carbocycles. The van der Waals surface area contributed by atoms with E-state index in [2.05, 4.69) is 20.3 Å². The fraction of sp³-hybridized carbons (Fsp3) is 0.333. The van der Waals surface area contributed by atoms with Crippen LogP contribution in [-0.2, 0) is 10.5 Å². The molecule has 0 saturated heterocycles. The van der Waals surface area contributed by atoms with Crippen LogP contribution in [0, 0.1) is 20.8 Å². The minimum atomic E-state index is -0.301. The van der Waals surface area contributed by atoms with Gasteiger partial charge >= 0.3 is 0 Å². The number of aromatic amines is 1. The van der Waals surface area contributed by atoms with E-state index in [1.54, 1.807) is 6.07 Å². The number of nitrogens with zero attached hydrogens (tertiary/aromatic N) is 2. The molecule has 1 amide bonds. The maximum atomic E-state index is 12.3. The highest BCUT2D eigenvalue weighted by atomic mass is 32.2. The van der Waals surface area contributed by atoms with Crippen LogP contribution in [0.2, 0.25) is 0 Å². The summed E-state index contributed by atoms with van der Waals surface area (Å²) in [4.78, 5) is 38.1. The molecule has 3 heterocycles. The molecule has 0 radical (unpaired) electrons. The van der Waals surface area contributed by atoms with Gasteiger partial charge in [-0.15, -0.1) is 23.1 Å². The molecular formula is C18H20N4O2S2. The fourth-order valence-electron chi connectivity index (χ4n) is 2.49. The highest BCUT2D eigenvalue weighted by Gasteiger charge is 2.16. The molecule has 0 aliphatic carbocycles. The third kappa shape index (κ3) is 3.96. The zero-order valence-electron chi connectivity index (χ0n) is 15.0. The number of aryl methyl sites for hydroxylation is 3. The molecule has 0 aliphatic rings. The topological polar surface area (TPSA) is 87.7 Å². The summed E-state index contributed by atoms with van der Waals surface area (Å²) in [5.74, 6) is 1.46. The SMILES string of the molecule is Cc1cccc(NC(=O)[C@@H](C)SCc2nc3sc(C)c(C)c3c(=O)[nH]2)n1. The highest BCUT2D eigenvalue weighted by molar-refractivity contribution is 7.99. The Hall–Kier alpha value is -2.19. The average molecular weight is 389 g/mol. The average Bonchev–Trinajstić information content (AvgIpc) is 2.87. The Kier molecular flexibility index (Phi) is 5.43. The van der Waals surface area contributed by atoms with Crippen molar-refractivity contribution in [3.8, 4) is 0 Å². The third-order valence-corrected chi connectivity index (χ3v) is 6.32. The van der Waals surface area contributed by atoms with Crippen molar-refractivity contribution in [2.45, 2.75) is 38.7 Å². The van der Waals surface area contributed by atoms with Crippen LogP contribution in [0.3, 0.4) is 0 Å². The summed E-state index contributed by atoms with van der Waals surface area (Å²) in [5.41, 5.74) is 1.71.